The van der Waals surface area contributed by atoms with Crippen molar-refractivity contribution in [3.05, 3.63) is 66.0 Å². The Morgan fingerprint density at radius 1 is 1.00 bits per heavy atom. The van der Waals surface area contributed by atoms with Crippen LogP contribution in [-0.4, -0.2) is 44.0 Å². The number of nitrogens with zero attached hydrogens (tertiary/aromatic N) is 3. The van der Waals surface area contributed by atoms with Crippen LogP contribution in [0.4, 0.5) is 0 Å². The van der Waals surface area contributed by atoms with E-state index in [9.17, 15) is 5.11 Å². The molecule has 0 aliphatic carbocycles. The number of hydrogen-bond donors (Lipinski definition) is 2. The predicted molar refractivity (Wildman–Crippen MR) is 103 cm³/mol. The summed E-state index contributed by atoms with van der Waals surface area (Å²) in [6, 6.07) is 16.9. The quantitative estimate of drug-likeness (QED) is 0.597. The molecule has 5 rings (SSSR count). The SMILES string of the molecule is OC(CN1CCc2[nH]ncc2C1)Cn1c2ccccc2c2ccccc21. The molecule has 132 valence electrons. The van der Waals surface area contributed by atoms with Crippen LogP contribution in [0.3, 0.4) is 0 Å². The Balaban J connectivity index is 1.40. The first kappa shape index (κ1) is 15.6. The van der Waals surface area contributed by atoms with Gasteiger partial charge in [0.25, 0.3) is 0 Å². The summed E-state index contributed by atoms with van der Waals surface area (Å²) in [4.78, 5) is 2.32. The number of aromatic nitrogens is 3. The van der Waals surface area contributed by atoms with E-state index < -0.39 is 6.10 Å². The number of hydrogen-bond acceptors (Lipinski definition) is 3. The molecule has 0 spiro atoms. The number of para-hydroxylation sites is 2. The van der Waals surface area contributed by atoms with Gasteiger partial charge in [-0.25, -0.2) is 0 Å². The van der Waals surface area contributed by atoms with E-state index in [1.807, 2.05) is 6.20 Å². The molecule has 5 nitrogen and oxygen atoms in total. The van der Waals surface area contributed by atoms with Crippen molar-refractivity contribution in [3.63, 3.8) is 0 Å². The number of nitrogens with one attached hydrogen (secondary N) is 1. The number of fused-ring (bicyclic) bond motifs is 4. The fourth-order valence-electron chi connectivity index (χ4n) is 4.20. The Morgan fingerprint density at radius 3 is 2.42 bits per heavy atom. The lowest BCUT2D eigenvalue weighted by molar-refractivity contribution is 0.0935. The third-order valence-corrected chi connectivity index (χ3v) is 5.42. The van der Waals surface area contributed by atoms with Gasteiger partial charge >= 0.3 is 0 Å². The Kier molecular flexibility index (Phi) is 3.76. The zero-order chi connectivity index (χ0) is 17.5. The van der Waals surface area contributed by atoms with Crippen LogP contribution >= 0.6 is 0 Å². The lowest BCUT2D eigenvalue weighted by Crippen LogP contribution is -2.38. The Labute approximate surface area is 151 Å². The van der Waals surface area contributed by atoms with Gasteiger partial charge in [0.05, 0.1) is 18.8 Å². The highest BCUT2D eigenvalue weighted by Crippen LogP contribution is 2.29. The minimum atomic E-state index is -0.414. The van der Waals surface area contributed by atoms with Crippen LogP contribution in [0.15, 0.2) is 54.7 Å². The standard InChI is InChI=1S/C21H22N4O/c26-16(13-24-10-9-19-15(12-24)11-22-23-19)14-25-20-7-3-1-5-17(20)18-6-2-4-8-21(18)25/h1-8,11,16,26H,9-10,12-14H2,(H,22,23). The highest BCUT2D eigenvalue weighted by molar-refractivity contribution is 6.07. The van der Waals surface area contributed by atoms with Gasteiger partial charge in [0, 0.05) is 59.1 Å². The van der Waals surface area contributed by atoms with Gasteiger partial charge in [-0.1, -0.05) is 36.4 Å². The van der Waals surface area contributed by atoms with Crippen LogP contribution in [0.1, 0.15) is 11.3 Å². The van der Waals surface area contributed by atoms with E-state index in [1.165, 1.54) is 33.1 Å². The van der Waals surface area contributed by atoms with Crippen molar-refractivity contribution in [1.29, 1.82) is 0 Å². The number of H-pyrrole nitrogens is 1. The van der Waals surface area contributed by atoms with E-state index in [2.05, 4.69) is 68.2 Å². The molecule has 1 aliphatic rings. The van der Waals surface area contributed by atoms with Gasteiger partial charge in [0.1, 0.15) is 0 Å². The van der Waals surface area contributed by atoms with E-state index in [1.54, 1.807) is 0 Å². The molecular formula is C21H22N4O. The normalized spacial score (nSPS) is 16.2. The van der Waals surface area contributed by atoms with Gasteiger partial charge in [-0.3, -0.25) is 10.00 Å². The van der Waals surface area contributed by atoms with Crippen LogP contribution in [0.2, 0.25) is 0 Å². The van der Waals surface area contributed by atoms with Gasteiger partial charge in [-0.05, 0) is 12.1 Å². The van der Waals surface area contributed by atoms with Gasteiger partial charge in [0.2, 0.25) is 0 Å². The third kappa shape index (κ3) is 2.60. The molecule has 2 aromatic heterocycles. The molecule has 0 saturated heterocycles. The van der Waals surface area contributed by atoms with E-state index in [0.29, 0.717) is 13.1 Å². The molecule has 1 atom stereocenters. The van der Waals surface area contributed by atoms with Crippen molar-refractivity contribution >= 4 is 21.8 Å². The van der Waals surface area contributed by atoms with Crippen molar-refractivity contribution in [1.82, 2.24) is 19.7 Å². The summed E-state index contributed by atoms with van der Waals surface area (Å²) in [5.41, 5.74) is 4.85. The summed E-state index contributed by atoms with van der Waals surface area (Å²) in [6.45, 7) is 3.09. The first-order valence-electron chi connectivity index (χ1n) is 9.17. The average molecular weight is 346 g/mol. The van der Waals surface area contributed by atoms with Crippen molar-refractivity contribution in [2.45, 2.75) is 25.6 Å². The van der Waals surface area contributed by atoms with Crippen molar-refractivity contribution < 1.29 is 5.11 Å². The largest absolute Gasteiger partial charge is 0.390 e. The van der Waals surface area contributed by atoms with Crippen LogP contribution in [0, 0.1) is 0 Å². The van der Waals surface area contributed by atoms with E-state index >= 15 is 0 Å². The number of benzene rings is 2. The second-order valence-electron chi connectivity index (χ2n) is 7.16. The van der Waals surface area contributed by atoms with Crippen molar-refractivity contribution in [2.75, 3.05) is 13.1 Å². The van der Waals surface area contributed by atoms with Gasteiger partial charge in [-0.15, -0.1) is 0 Å². The van der Waals surface area contributed by atoms with Gasteiger partial charge < -0.3 is 9.67 Å². The fraction of sp³-hybridized carbons (Fsp3) is 0.286. The minimum absolute atomic E-state index is 0.414. The summed E-state index contributed by atoms with van der Waals surface area (Å²) in [5.74, 6) is 0. The maximum absolute atomic E-state index is 10.8. The van der Waals surface area contributed by atoms with E-state index in [0.717, 1.165) is 19.5 Å². The summed E-state index contributed by atoms with van der Waals surface area (Å²) < 4.78 is 2.25. The monoisotopic (exact) mass is 346 g/mol. The highest BCUT2D eigenvalue weighted by atomic mass is 16.3. The summed E-state index contributed by atoms with van der Waals surface area (Å²) in [7, 11) is 0. The Bertz CT molecular complexity index is 1010. The Morgan fingerprint density at radius 2 is 1.69 bits per heavy atom. The smallest absolute Gasteiger partial charge is 0.0846 e. The number of aromatic amines is 1. The molecule has 0 saturated carbocycles. The number of aliphatic hydroxyl groups excluding tert-OH is 1. The number of β-amino-alcohol motifs (C(OH)–C–C–N with tert-alkyl or cyclic N) is 1. The van der Waals surface area contributed by atoms with Crippen LogP contribution in [0.25, 0.3) is 21.8 Å². The lowest BCUT2D eigenvalue weighted by Gasteiger charge is -2.28. The molecule has 1 aliphatic heterocycles. The minimum Gasteiger partial charge on any atom is -0.390 e. The van der Waals surface area contributed by atoms with Gasteiger partial charge in [-0.2, -0.15) is 5.10 Å². The molecular weight excluding hydrogens is 324 g/mol. The maximum atomic E-state index is 10.8. The van der Waals surface area contributed by atoms with Crippen LogP contribution in [0.5, 0.6) is 0 Å². The average Bonchev–Trinajstić information content (AvgIpc) is 3.25. The molecule has 2 N–H and O–H groups in total. The predicted octanol–water partition coefficient (Wildman–Crippen LogP) is 2.94. The van der Waals surface area contributed by atoms with E-state index in [4.69, 9.17) is 0 Å². The highest BCUT2D eigenvalue weighted by Gasteiger charge is 2.21. The molecule has 0 radical (unpaired) electrons. The van der Waals surface area contributed by atoms with Crippen LogP contribution in [-0.2, 0) is 19.5 Å². The molecule has 0 bridgehead atoms. The third-order valence-electron chi connectivity index (χ3n) is 5.42. The molecule has 0 fully saturated rings. The molecule has 26 heavy (non-hydrogen) atoms. The van der Waals surface area contributed by atoms with E-state index in [-0.39, 0.29) is 0 Å². The zero-order valence-corrected chi connectivity index (χ0v) is 14.6. The molecule has 1 unspecified atom stereocenters. The summed E-state index contributed by atoms with van der Waals surface area (Å²) >= 11 is 0. The molecule has 2 aromatic carbocycles. The first-order chi connectivity index (χ1) is 12.8. The molecule has 0 amide bonds. The topological polar surface area (TPSA) is 57.1 Å². The van der Waals surface area contributed by atoms with Crippen LogP contribution < -0.4 is 0 Å². The second kappa shape index (κ2) is 6.27. The summed E-state index contributed by atoms with van der Waals surface area (Å²) in [6.07, 6.45) is 2.46. The lowest BCUT2D eigenvalue weighted by atomic mass is 10.1. The zero-order valence-electron chi connectivity index (χ0n) is 14.6. The fourth-order valence-corrected chi connectivity index (χ4v) is 4.20. The summed E-state index contributed by atoms with van der Waals surface area (Å²) in [5, 5.41) is 20.5. The van der Waals surface area contributed by atoms with Crippen molar-refractivity contribution in [2.24, 2.45) is 0 Å². The Hall–Kier alpha value is -2.63. The number of aliphatic hydroxyl groups is 1. The van der Waals surface area contributed by atoms with Crippen molar-refractivity contribution in [3.8, 4) is 0 Å². The molecule has 3 heterocycles. The van der Waals surface area contributed by atoms with Gasteiger partial charge in [0.15, 0.2) is 0 Å². The maximum Gasteiger partial charge on any atom is 0.0846 e. The number of rotatable bonds is 4. The molecule has 4 aromatic rings. The molecule has 5 heteroatoms. The first-order valence-corrected chi connectivity index (χ1v) is 9.17. The second-order valence-corrected chi connectivity index (χ2v) is 7.16.